The van der Waals surface area contributed by atoms with Crippen LogP contribution in [0.2, 0.25) is 0 Å². The number of hydrazine groups is 1. The van der Waals surface area contributed by atoms with Crippen LogP contribution in [-0.4, -0.2) is 22.5 Å². The van der Waals surface area contributed by atoms with Gasteiger partial charge in [-0.15, -0.1) is 0 Å². The number of amides is 1. The zero-order valence-corrected chi connectivity index (χ0v) is 6.19. The summed E-state index contributed by atoms with van der Waals surface area (Å²) in [6.45, 7) is 0.268. The molecule has 1 aromatic rings. The van der Waals surface area contributed by atoms with Crippen molar-refractivity contribution >= 4 is 11.7 Å². The molecule has 2 heterocycles. The van der Waals surface area contributed by atoms with Crippen molar-refractivity contribution in [3.63, 3.8) is 0 Å². The third kappa shape index (κ3) is 0.892. The van der Waals surface area contributed by atoms with E-state index in [1.54, 1.807) is 0 Å². The second kappa shape index (κ2) is 2.42. The molecule has 0 bridgehead atoms. The van der Waals surface area contributed by atoms with Crippen molar-refractivity contribution in [3.05, 3.63) is 18.1 Å². The van der Waals surface area contributed by atoms with Gasteiger partial charge in [0, 0.05) is 12.4 Å². The number of rotatable bonds is 0. The first-order valence-corrected chi connectivity index (χ1v) is 3.40. The summed E-state index contributed by atoms with van der Waals surface area (Å²) < 4.78 is 0. The van der Waals surface area contributed by atoms with Gasteiger partial charge < -0.3 is 5.32 Å². The maximum atomic E-state index is 11.1. The Morgan fingerprint density at radius 1 is 1.50 bits per heavy atom. The first-order valence-electron chi connectivity index (χ1n) is 3.40. The largest absolute Gasteiger partial charge is 0.332 e. The van der Waals surface area contributed by atoms with Crippen molar-refractivity contribution in [2.45, 2.75) is 0 Å². The molecular weight excluding hydrogens is 158 g/mol. The predicted octanol–water partition coefficient (Wildman–Crippen LogP) is -1.14. The number of anilines is 1. The zero-order chi connectivity index (χ0) is 8.55. The quantitative estimate of drug-likeness (QED) is 0.474. The van der Waals surface area contributed by atoms with E-state index >= 15 is 0 Å². The molecule has 0 atom stereocenters. The number of nitrogens with two attached hydrogens (primary N) is 1. The van der Waals surface area contributed by atoms with Gasteiger partial charge in [0.15, 0.2) is 11.5 Å². The van der Waals surface area contributed by atoms with Gasteiger partial charge in [-0.3, -0.25) is 9.80 Å². The molecule has 0 saturated heterocycles. The second-order valence-electron chi connectivity index (χ2n) is 2.36. The molecule has 6 heteroatoms. The van der Waals surface area contributed by atoms with E-state index in [1.807, 2.05) is 0 Å². The highest BCUT2D eigenvalue weighted by Gasteiger charge is 2.22. The highest BCUT2D eigenvalue weighted by atomic mass is 16.2. The lowest BCUT2D eigenvalue weighted by molar-refractivity contribution is 0.0941. The second-order valence-corrected chi connectivity index (χ2v) is 2.36. The molecule has 0 unspecified atom stereocenters. The van der Waals surface area contributed by atoms with E-state index in [1.165, 1.54) is 17.4 Å². The number of nitrogens with zero attached hydrogens (tertiary/aromatic N) is 3. The van der Waals surface area contributed by atoms with Gasteiger partial charge in [-0.25, -0.2) is 15.8 Å². The topological polar surface area (TPSA) is 84.1 Å². The monoisotopic (exact) mass is 165 g/mol. The van der Waals surface area contributed by atoms with Crippen molar-refractivity contribution in [2.75, 3.05) is 11.7 Å². The van der Waals surface area contributed by atoms with Crippen LogP contribution in [-0.2, 0) is 0 Å². The average molecular weight is 165 g/mol. The van der Waals surface area contributed by atoms with Crippen LogP contribution in [0.1, 0.15) is 10.5 Å². The summed E-state index contributed by atoms with van der Waals surface area (Å²) in [6, 6.07) is 0. The maximum Gasteiger partial charge on any atom is 0.275 e. The maximum absolute atomic E-state index is 11.1. The van der Waals surface area contributed by atoms with Gasteiger partial charge in [-0.1, -0.05) is 0 Å². The summed E-state index contributed by atoms with van der Waals surface area (Å²) in [6.07, 6.45) is 2.95. The Morgan fingerprint density at radius 3 is 3.00 bits per heavy atom. The SMILES string of the molecule is NN1CNC(=O)c2nccnc21. The van der Waals surface area contributed by atoms with E-state index < -0.39 is 0 Å². The van der Waals surface area contributed by atoms with E-state index in [4.69, 9.17) is 5.84 Å². The number of fused-ring (bicyclic) bond motifs is 1. The Morgan fingerprint density at radius 2 is 2.25 bits per heavy atom. The van der Waals surface area contributed by atoms with Gasteiger partial charge in [0.05, 0.1) is 0 Å². The normalized spacial score (nSPS) is 15.4. The molecule has 1 aromatic heterocycles. The van der Waals surface area contributed by atoms with Gasteiger partial charge in [0.25, 0.3) is 5.91 Å². The first-order chi connectivity index (χ1) is 5.79. The highest BCUT2D eigenvalue weighted by molar-refractivity contribution is 5.98. The van der Waals surface area contributed by atoms with E-state index in [0.29, 0.717) is 5.82 Å². The predicted molar refractivity (Wildman–Crippen MR) is 41.0 cm³/mol. The Kier molecular flexibility index (Phi) is 1.41. The average Bonchev–Trinajstić information content (AvgIpc) is 2.12. The summed E-state index contributed by atoms with van der Waals surface area (Å²) in [5, 5.41) is 3.88. The summed E-state index contributed by atoms with van der Waals surface area (Å²) >= 11 is 0. The van der Waals surface area contributed by atoms with Crippen molar-refractivity contribution in [1.82, 2.24) is 15.3 Å². The number of nitrogens with one attached hydrogen (secondary N) is 1. The minimum Gasteiger partial charge on any atom is -0.332 e. The van der Waals surface area contributed by atoms with Crippen molar-refractivity contribution in [3.8, 4) is 0 Å². The number of carbonyl (C=O) groups excluding carboxylic acids is 1. The smallest absolute Gasteiger partial charge is 0.275 e. The molecule has 0 aliphatic carbocycles. The van der Waals surface area contributed by atoms with Gasteiger partial charge in [0.2, 0.25) is 0 Å². The molecule has 2 rings (SSSR count). The molecular formula is C6H7N5O. The van der Waals surface area contributed by atoms with E-state index in [0.717, 1.165) is 0 Å². The van der Waals surface area contributed by atoms with E-state index in [9.17, 15) is 4.79 Å². The Hall–Kier alpha value is -1.69. The molecule has 0 fully saturated rings. The van der Waals surface area contributed by atoms with Crippen LogP contribution in [0.15, 0.2) is 12.4 Å². The fourth-order valence-corrected chi connectivity index (χ4v) is 1.02. The summed E-state index contributed by atoms with van der Waals surface area (Å²) in [4.78, 5) is 18.9. The van der Waals surface area contributed by atoms with Crippen LogP contribution < -0.4 is 16.2 Å². The van der Waals surface area contributed by atoms with Crippen LogP contribution in [0, 0.1) is 0 Å². The molecule has 0 saturated carbocycles. The standard InChI is InChI=1S/C6H7N5O/c7-11-3-10-6(12)4-5(11)9-2-1-8-4/h1-2H,3,7H2,(H,10,12). The Labute approximate surface area is 68.4 Å². The number of aromatic nitrogens is 2. The number of carbonyl (C=O) groups is 1. The van der Waals surface area contributed by atoms with Crippen molar-refractivity contribution in [1.29, 1.82) is 0 Å². The number of hydrogen-bond donors (Lipinski definition) is 2. The van der Waals surface area contributed by atoms with E-state index in [2.05, 4.69) is 15.3 Å². The lowest BCUT2D eigenvalue weighted by Gasteiger charge is -2.23. The summed E-state index contributed by atoms with van der Waals surface area (Å²) in [5.41, 5.74) is 0.270. The van der Waals surface area contributed by atoms with Crippen molar-refractivity contribution in [2.24, 2.45) is 5.84 Å². The van der Waals surface area contributed by atoms with Gasteiger partial charge >= 0.3 is 0 Å². The van der Waals surface area contributed by atoms with Crippen LogP contribution >= 0.6 is 0 Å². The van der Waals surface area contributed by atoms with Gasteiger partial charge in [-0.05, 0) is 0 Å². The zero-order valence-electron chi connectivity index (χ0n) is 6.19. The third-order valence-corrected chi connectivity index (χ3v) is 1.58. The lowest BCUT2D eigenvalue weighted by atomic mass is 10.3. The molecule has 1 aliphatic rings. The summed E-state index contributed by atoms with van der Waals surface area (Å²) in [5.74, 6) is 5.71. The third-order valence-electron chi connectivity index (χ3n) is 1.58. The molecule has 3 N–H and O–H groups in total. The van der Waals surface area contributed by atoms with Crippen LogP contribution in [0.4, 0.5) is 5.82 Å². The lowest BCUT2D eigenvalue weighted by Crippen LogP contribution is -2.48. The number of hydrogen-bond acceptors (Lipinski definition) is 5. The molecule has 6 nitrogen and oxygen atoms in total. The minimum absolute atomic E-state index is 0.236. The van der Waals surface area contributed by atoms with Gasteiger partial charge in [-0.2, -0.15) is 0 Å². The minimum atomic E-state index is -0.236. The van der Waals surface area contributed by atoms with Gasteiger partial charge in [0.1, 0.15) is 6.67 Å². The molecule has 0 spiro atoms. The highest BCUT2D eigenvalue weighted by Crippen LogP contribution is 2.13. The van der Waals surface area contributed by atoms with Crippen LogP contribution in [0.5, 0.6) is 0 Å². The van der Waals surface area contributed by atoms with Crippen LogP contribution in [0.25, 0.3) is 0 Å². The molecule has 0 aromatic carbocycles. The fraction of sp³-hybridized carbons (Fsp3) is 0.167. The fourth-order valence-electron chi connectivity index (χ4n) is 1.02. The first kappa shape index (κ1) is 6.99. The molecule has 1 amide bonds. The van der Waals surface area contributed by atoms with Crippen LogP contribution in [0.3, 0.4) is 0 Å². The molecule has 1 aliphatic heterocycles. The van der Waals surface area contributed by atoms with Crippen molar-refractivity contribution < 1.29 is 4.79 Å². The molecule has 62 valence electrons. The Balaban J connectivity index is 2.55. The molecule has 0 radical (unpaired) electrons. The van der Waals surface area contributed by atoms with E-state index in [-0.39, 0.29) is 18.3 Å². The Bertz CT molecular complexity index is 325. The summed E-state index contributed by atoms with van der Waals surface area (Å²) in [7, 11) is 0. The molecule has 12 heavy (non-hydrogen) atoms.